The van der Waals surface area contributed by atoms with Gasteiger partial charge in [-0.2, -0.15) is 13.2 Å². The van der Waals surface area contributed by atoms with Crippen molar-refractivity contribution in [3.63, 3.8) is 0 Å². The lowest BCUT2D eigenvalue weighted by Gasteiger charge is -2.27. The van der Waals surface area contributed by atoms with Gasteiger partial charge in [0.2, 0.25) is 0 Å². The molecule has 0 radical (unpaired) electrons. The number of ketones is 1. The molecule has 3 nitrogen and oxygen atoms in total. The molecule has 0 aliphatic carbocycles. The molecule has 0 aromatic carbocycles. The summed E-state index contributed by atoms with van der Waals surface area (Å²) in [6.07, 6.45) is -1.37. The summed E-state index contributed by atoms with van der Waals surface area (Å²) in [6, 6.07) is 0. The number of alkyl halides is 3. The molecule has 122 valence electrons. The Labute approximate surface area is 123 Å². The lowest BCUT2D eigenvalue weighted by Crippen LogP contribution is -2.33. The van der Waals surface area contributed by atoms with E-state index in [0.717, 1.165) is 5.57 Å². The molecule has 0 N–H and O–H groups in total. The highest BCUT2D eigenvalue weighted by atomic mass is 19.4. The molecule has 0 heterocycles. The van der Waals surface area contributed by atoms with Gasteiger partial charge in [-0.1, -0.05) is 17.7 Å². The largest absolute Gasteiger partial charge is 0.411 e. The van der Waals surface area contributed by atoms with E-state index in [9.17, 15) is 18.0 Å². The standard InChI is InChI=1S/C15H23F3O3/c1-11(2)7-6-8-12(19)9-13(21-14(3,4)5)20-10-15(16,17)18/h6-8,13H,9-10H2,1-5H3/b8-6+. The summed E-state index contributed by atoms with van der Waals surface area (Å²) in [5.74, 6) is -0.357. The Balaban J connectivity index is 4.63. The highest BCUT2D eigenvalue weighted by Gasteiger charge is 2.31. The molecule has 0 rings (SSSR count). The van der Waals surface area contributed by atoms with Crippen molar-refractivity contribution in [1.29, 1.82) is 0 Å². The van der Waals surface area contributed by atoms with Crippen LogP contribution in [0.15, 0.2) is 23.8 Å². The first-order chi connectivity index (χ1) is 9.39. The number of allylic oxidation sites excluding steroid dienone is 4. The molecule has 0 aliphatic heterocycles. The number of hydrogen-bond acceptors (Lipinski definition) is 3. The normalized spacial score (nSPS) is 14.3. The molecule has 0 saturated heterocycles. The molecular formula is C15H23F3O3. The van der Waals surface area contributed by atoms with E-state index in [0.29, 0.717) is 0 Å². The number of ether oxygens (including phenoxy) is 2. The third-order valence-electron chi connectivity index (χ3n) is 2.00. The Kier molecular flexibility index (Phi) is 7.89. The molecule has 0 aromatic heterocycles. The first kappa shape index (κ1) is 19.9. The second-order valence-corrected chi connectivity index (χ2v) is 5.86. The van der Waals surface area contributed by atoms with Crippen LogP contribution in [0.2, 0.25) is 0 Å². The second kappa shape index (κ2) is 8.34. The quantitative estimate of drug-likeness (QED) is 0.402. The van der Waals surface area contributed by atoms with Gasteiger partial charge in [-0.15, -0.1) is 0 Å². The number of carbonyl (C=O) groups excluding carboxylic acids is 1. The molecule has 0 aromatic rings. The molecule has 0 bridgehead atoms. The molecule has 0 amide bonds. The molecule has 1 unspecified atom stereocenters. The van der Waals surface area contributed by atoms with Crippen molar-refractivity contribution >= 4 is 5.78 Å². The van der Waals surface area contributed by atoms with E-state index in [2.05, 4.69) is 4.74 Å². The van der Waals surface area contributed by atoms with E-state index >= 15 is 0 Å². The van der Waals surface area contributed by atoms with Crippen LogP contribution in [0, 0.1) is 0 Å². The number of rotatable bonds is 7. The third kappa shape index (κ3) is 13.6. The lowest BCUT2D eigenvalue weighted by atomic mass is 10.2. The predicted octanol–water partition coefficient (Wildman–Crippen LogP) is 4.19. The topological polar surface area (TPSA) is 35.5 Å². The maximum atomic E-state index is 12.2. The van der Waals surface area contributed by atoms with Gasteiger partial charge < -0.3 is 9.47 Å². The molecular weight excluding hydrogens is 285 g/mol. The monoisotopic (exact) mass is 308 g/mol. The SMILES string of the molecule is CC(C)=C/C=C/C(=O)CC(OCC(F)(F)F)OC(C)(C)C. The second-order valence-electron chi connectivity index (χ2n) is 5.86. The van der Waals surface area contributed by atoms with Crippen LogP contribution in [0.4, 0.5) is 13.2 Å². The smallest absolute Gasteiger partial charge is 0.347 e. The lowest BCUT2D eigenvalue weighted by molar-refractivity contribution is -0.250. The zero-order chi connectivity index (χ0) is 16.7. The fourth-order valence-corrected chi connectivity index (χ4v) is 1.30. The van der Waals surface area contributed by atoms with E-state index in [-0.39, 0.29) is 12.2 Å². The Morgan fingerprint density at radius 3 is 2.19 bits per heavy atom. The minimum absolute atomic E-state index is 0.263. The molecule has 6 heteroatoms. The summed E-state index contributed by atoms with van der Waals surface area (Å²) in [4.78, 5) is 11.7. The van der Waals surface area contributed by atoms with Crippen molar-refractivity contribution in [1.82, 2.24) is 0 Å². The number of carbonyl (C=O) groups is 1. The van der Waals surface area contributed by atoms with Gasteiger partial charge in [0.1, 0.15) is 6.61 Å². The van der Waals surface area contributed by atoms with Crippen molar-refractivity contribution < 1.29 is 27.4 Å². The van der Waals surface area contributed by atoms with Crippen LogP contribution in [0.5, 0.6) is 0 Å². The first-order valence-electron chi connectivity index (χ1n) is 6.59. The van der Waals surface area contributed by atoms with Gasteiger partial charge in [0.25, 0.3) is 0 Å². The minimum atomic E-state index is -4.46. The number of halogens is 3. The summed E-state index contributed by atoms with van der Waals surface area (Å²) < 4.78 is 46.6. The zero-order valence-corrected chi connectivity index (χ0v) is 13.1. The van der Waals surface area contributed by atoms with E-state index in [1.54, 1.807) is 32.9 Å². The Bertz CT molecular complexity index is 386. The Hall–Kier alpha value is -1.14. The predicted molar refractivity (Wildman–Crippen MR) is 74.8 cm³/mol. The highest BCUT2D eigenvalue weighted by molar-refractivity contribution is 5.90. The van der Waals surface area contributed by atoms with Crippen LogP contribution in [0.3, 0.4) is 0 Å². The molecule has 0 aliphatic rings. The van der Waals surface area contributed by atoms with E-state index in [1.807, 2.05) is 13.8 Å². The average Bonchev–Trinajstić information content (AvgIpc) is 2.22. The van der Waals surface area contributed by atoms with Crippen molar-refractivity contribution in [2.24, 2.45) is 0 Å². The molecule has 21 heavy (non-hydrogen) atoms. The van der Waals surface area contributed by atoms with Gasteiger partial charge >= 0.3 is 6.18 Å². The van der Waals surface area contributed by atoms with Crippen molar-refractivity contribution in [3.8, 4) is 0 Å². The summed E-state index contributed by atoms with van der Waals surface area (Å²) in [5.41, 5.74) is 0.301. The van der Waals surface area contributed by atoms with Gasteiger partial charge in [-0.3, -0.25) is 4.79 Å². The van der Waals surface area contributed by atoms with E-state index in [1.165, 1.54) is 6.08 Å². The Morgan fingerprint density at radius 2 is 1.76 bits per heavy atom. The molecule has 0 saturated carbocycles. The Morgan fingerprint density at radius 1 is 1.19 bits per heavy atom. The first-order valence-corrected chi connectivity index (χ1v) is 6.59. The zero-order valence-electron chi connectivity index (χ0n) is 13.1. The average molecular weight is 308 g/mol. The molecule has 0 fully saturated rings. The van der Waals surface area contributed by atoms with Crippen LogP contribution in [-0.4, -0.2) is 30.5 Å². The summed E-state index contributed by atoms with van der Waals surface area (Å²) >= 11 is 0. The third-order valence-corrected chi connectivity index (χ3v) is 2.00. The van der Waals surface area contributed by atoms with Crippen molar-refractivity contribution in [2.75, 3.05) is 6.61 Å². The highest BCUT2D eigenvalue weighted by Crippen LogP contribution is 2.20. The van der Waals surface area contributed by atoms with Gasteiger partial charge in [-0.05, 0) is 40.7 Å². The van der Waals surface area contributed by atoms with Crippen LogP contribution < -0.4 is 0 Å². The summed E-state index contributed by atoms with van der Waals surface area (Å²) in [6.45, 7) is 7.33. The van der Waals surface area contributed by atoms with Crippen LogP contribution in [0.1, 0.15) is 41.0 Å². The summed E-state index contributed by atoms with van der Waals surface area (Å²) in [7, 11) is 0. The van der Waals surface area contributed by atoms with Crippen LogP contribution in [0.25, 0.3) is 0 Å². The van der Waals surface area contributed by atoms with Gasteiger partial charge in [0, 0.05) is 0 Å². The van der Waals surface area contributed by atoms with E-state index < -0.39 is 24.7 Å². The molecule has 1 atom stereocenters. The summed E-state index contributed by atoms with van der Waals surface area (Å²) in [5, 5.41) is 0. The van der Waals surface area contributed by atoms with Gasteiger partial charge in [0.15, 0.2) is 12.1 Å². The van der Waals surface area contributed by atoms with Gasteiger partial charge in [0.05, 0.1) is 12.0 Å². The van der Waals surface area contributed by atoms with Crippen molar-refractivity contribution in [3.05, 3.63) is 23.8 Å². The van der Waals surface area contributed by atoms with E-state index in [4.69, 9.17) is 4.74 Å². The fourth-order valence-electron chi connectivity index (χ4n) is 1.30. The fraction of sp³-hybridized carbons (Fsp3) is 0.667. The maximum Gasteiger partial charge on any atom is 0.411 e. The molecule has 0 spiro atoms. The van der Waals surface area contributed by atoms with Crippen molar-refractivity contribution in [2.45, 2.75) is 59.1 Å². The minimum Gasteiger partial charge on any atom is -0.347 e. The maximum absolute atomic E-state index is 12.2. The van der Waals surface area contributed by atoms with Gasteiger partial charge in [-0.25, -0.2) is 0 Å². The van der Waals surface area contributed by atoms with Crippen LogP contribution in [-0.2, 0) is 14.3 Å². The van der Waals surface area contributed by atoms with Crippen LogP contribution >= 0.6 is 0 Å². The number of hydrogen-bond donors (Lipinski definition) is 0.